The van der Waals surface area contributed by atoms with Gasteiger partial charge in [0.05, 0.1) is 4.92 Å². The molecule has 1 heterocycles. The number of nitrogens with one attached hydrogen (secondary N) is 1. The van der Waals surface area contributed by atoms with Gasteiger partial charge in [0.2, 0.25) is 11.1 Å². The Morgan fingerprint density at radius 1 is 1.44 bits per heavy atom. The van der Waals surface area contributed by atoms with Gasteiger partial charge in [0.25, 0.3) is 0 Å². The summed E-state index contributed by atoms with van der Waals surface area (Å²) in [5, 5.41) is 13.8. The predicted octanol–water partition coefficient (Wildman–Crippen LogP) is 2.19. The molecule has 18 heavy (non-hydrogen) atoms. The minimum atomic E-state index is -0.511. The third-order valence-corrected chi connectivity index (χ3v) is 2.45. The Kier molecular flexibility index (Phi) is 5.73. The smallest absolute Gasteiger partial charge is 0.332 e. The van der Waals surface area contributed by atoms with Crippen molar-refractivity contribution in [2.24, 2.45) is 0 Å². The third kappa shape index (κ3) is 4.08. The van der Waals surface area contributed by atoms with E-state index < -0.39 is 4.92 Å². The van der Waals surface area contributed by atoms with E-state index in [0.717, 1.165) is 12.8 Å². The van der Waals surface area contributed by atoms with E-state index in [0.29, 0.717) is 13.2 Å². The normalized spacial score (nSPS) is 10.4. The monoisotopic (exact) mass is 274 g/mol. The second kappa shape index (κ2) is 7.07. The third-order valence-electron chi connectivity index (χ3n) is 2.28. The van der Waals surface area contributed by atoms with E-state index in [9.17, 15) is 10.1 Å². The first kappa shape index (κ1) is 14.6. The molecule has 0 radical (unpaired) electrons. The van der Waals surface area contributed by atoms with Crippen LogP contribution in [0.5, 0.6) is 0 Å². The molecule has 0 atom stereocenters. The van der Waals surface area contributed by atoms with E-state index in [4.69, 9.17) is 16.3 Å². The van der Waals surface area contributed by atoms with E-state index in [1.807, 2.05) is 0 Å². The molecule has 1 aromatic heterocycles. The van der Waals surface area contributed by atoms with Crippen LogP contribution < -0.4 is 5.32 Å². The van der Waals surface area contributed by atoms with E-state index in [2.05, 4.69) is 15.3 Å². The van der Waals surface area contributed by atoms with Crippen molar-refractivity contribution in [2.75, 3.05) is 25.6 Å². The second-order valence-electron chi connectivity index (χ2n) is 3.66. The van der Waals surface area contributed by atoms with Crippen LogP contribution in [0.4, 0.5) is 11.5 Å². The van der Waals surface area contributed by atoms with Gasteiger partial charge in [0.15, 0.2) is 0 Å². The number of hydrogen-bond acceptors (Lipinski definition) is 6. The molecule has 0 fully saturated rings. The molecule has 0 saturated heterocycles. The molecule has 0 aromatic carbocycles. The SMILES string of the molecule is COCCCCNc1nc(Cl)nc(C)c1[N+](=O)[O-]. The maximum absolute atomic E-state index is 10.9. The lowest BCUT2D eigenvalue weighted by Crippen LogP contribution is -2.09. The Bertz CT molecular complexity index is 428. The molecule has 0 saturated carbocycles. The Balaban J connectivity index is 2.71. The van der Waals surface area contributed by atoms with Gasteiger partial charge in [0.1, 0.15) is 5.69 Å². The largest absolute Gasteiger partial charge is 0.385 e. The number of halogens is 1. The van der Waals surface area contributed by atoms with E-state index in [1.165, 1.54) is 6.92 Å². The van der Waals surface area contributed by atoms with E-state index >= 15 is 0 Å². The lowest BCUT2D eigenvalue weighted by atomic mass is 10.3. The summed E-state index contributed by atoms with van der Waals surface area (Å²) in [5.41, 5.74) is 0.116. The predicted molar refractivity (Wildman–Crippen MR) is 68.0 cm³/mol. The molecule has 1 N–H and O–H groups in total. The molecular weight excluding hydrogens is 260 g/mol. The van der Waals surface area contributed by atoms with Gasteiger partial charge in [-0.05, 0) is 31.4 Å². The first-order valence-electron chi connectivity index (χ1n) is 5.47. The number of aryl methyl sites for hydroxylation is 1. The van der Waals surface area contributed by atoms with Crippen LogP contribution in [-0.2, 0) is 4.74 Å². The molecule has 7 nitrogen and oxygen atoms in total. The van der Waals surface area contributed by atoms with Crippen LogP contribution in [0, 0.1) is 17.0 Å². The second-order valence-corrected chi connectivity index (χ2v) is 4.00. The highest BCUT2D eigenvalue weighted by atomic mass is 35.5. The van der Waals surface area contributed by atoms with Crippen molar-refractivity contribution < 1.29 is 9.66 Å². The topological polar surface area (TPSA) is 90.2 Å². The van der Waals surface area contributed by atoms with Crippen molar-refractivity contribution in [3.05, 3.63) is 21.1 Å². The highest BCUT2D eigenvalue weighted by Gasteiger charge is 2.21. The number of nitro groups is 1. The Morgan fingerprint density at radius 3 is 2.78 bits per heavy atom. The van der Waals surface area contributed by atoms with Crippen molar-refractivity contribution in [3.63, 3.8) is 0 Å². The van der Waals surface area contributed by atoms with Gasteiger partial charge in [-0.1, -0.05) is 0 Å². The Labute approximate surface area is 110 Å². The van der Waals surface area contributed by atoms with Crippen molar-refractivity contribution in [1.82, 2.24) is 9.97 Å². The van der Waals surface area contributed by atoms with Crippen LogP contribution in [0.1, 0.15) is 18.5 Å². The average Bonchev–Trinajstić information content (AvgIpc) is 2.27. The van der Waals surface area contributed by atoms with Crippen molar-refractivity contribution >= 4 is 23.1 Å². The molecular formula is C10H15ClN4O3. The van der Waals surface area contributed by atoms with Crippen LogP contribution in [-0.4, -0.2) is 35.2 Å². The van der Waals surface area contributed by atoms with Crippen LogP contribution in [0.15, 0.2) is 0 Å². The zero-order valence-electron chi connectivity index (χ0n) is 10.3. The van der Waals surface area contributed by atoms with Crippen LogP contribution in [0.2, 0.25) is 5.28 Å². The minimum Gasteiger partial charge on any atom is -0.385 e. The maximum atomic E-state index is 10.9. The summed E-state index contributed by atoms with van der Waals surface area (Å²) < 4.78 is 4.91. The van der Waals surface area contributed by atoms with Gasteiger partial charge in [0, 0.05) is 20.3 Å². The number of unbranched alkanes of at least 4 members (excludes halogenated alkanes) is 1. The number of rotatable bonds is 7. The zero-order valence-corrected chi connectivity index (χ0v) is 11.0. The van der Waals surface area contributed by atoms with Crippen molar-refractivity contribution in [1.29, 1.82) is 0 Å². The number of ether oxygens (including phenoxy) is 1. The zero-order chi connectivity index (χ0) is 13.5. The van der Waals surface area contributed by atoms with Crippen LogP contribution >= 0.6 is 11.6 Å². The number of hydrogen-bond donors (Lipinski definition) is 1. The lowest BCUT2D eigenvalue weighted by molar-refractivity contribution is -0.385. The van der Waals surface area contributed by atoms with Gasteiger partial charge >= 0.3 is 5.69 Å². The molecule has 0 amide bonds. The summed E-state index contributed by atoms with van der Waals surface area (Å²) in [6.07, 6.45) is 1.70. The summed E-state index contributed by atoms with van der Waals surface area (Å²) in [4.78, 5) is 18.0. The van der Waals surface area contributed by atoms with Gasteiger partial charge in [-0.15, -0.1) is 0 Å². The number of methoxy groups -OCH3 is 1. The molecule has 1 rings (SSSR count). The lowest BCUT2D eigenvalue weighted by Gasteiger charge is -2.07. The summed E-state index contributed by atoms with van der Waals surface area (Å²) in [5.74, 6) is 0.162. The first-order valence-corrected chi connectivity index (χ1v) is 5.85. The number of aromatic nitrogens is 2. The molecule has 100 valence electrons. The summed E-state index contributed by atoms with van der Waals surface area (Å²) >= 11 is 5.68. The van der Waals surface area contributed by atoms with Crippen LogP contribution in [0.25, 0.3) is 0 Å². The molecule has 0 aliphatic carbocycles. The quantitative estimate of drug-likeness (QED) is 0.355. The molecule has 0 unspecified atom stereocenters. The summed E-state index contributed by atoms with van der Waals surface area (Å²) in [7, 11) is 1.63. The van der Waals surface area contributed by atoms with Gasteiger partial charge < -0.3 is 10.1 Å². The molecule has 0 spiro atoms. The van der Waals surface area contributed by atoms with Gasteiger partial charge in [-0.2, -0.15) is 4.98 Å². The fourth-order valence-corrected chi connectivity index (χ4v) is 1.66. The van der Waals surface area contributed by atoms with Gasteiger partial charge in [-0.25, -0.2) is 4.98 Å². The number of nitrogens with zero attached hydrogens (tertiary/aromatic N) is 3. The Hall–Kier alpha value is -1.47. The minimum absolute atomic E-state index is 0.00232. The fourth-order valence-electron chi connectivity index (χ4n) is 1.45. The molecule has 0 aliphatic heterocycles. The summed E-state index contributed by atoms with van der Waals surface area (Å²) in [6, 6.07) is 0. The molecule has 0 aliphatic rings. The fraction of sp³-hybridized carbons (Fsp3) is 0.600. The number of anilines is 1. The molecule has 8 heteroatoms. The van der Waals surface area contributed by atoms with Gasteiger partial charge in [-0.3, -0.25) is 10.1 Å². The summed E-state index contributed by atoms with van der Waals surface area (Å²) in [6.45, 7) is 2.76. The van der Waals surface area contributed by atoms with E-state index in [-0.39, 0.29) is 22.5 Å². The standard InChI is InChI=1S/C10H15ClN4O3/c1-7-8(15(16)17)9(14-10(11)13-7)12-5-3-4-6-18-2/h3-6H2,1-2H3,(H,12,13,14). The maximum Gasteiger partial charge on any atom is 0.332 e. The van der Waals surface area contributed by atoms with Crippen LogP contribution in [0.3, 0.4) is 0 Å². The first-order chi connectivity index (χ1) is 8.56. The van der Waals surface area contributed by atoms with Crippen molar-refractivity contribution in [2.45, 2.75) is 19.8 Å². The highest BCUT2D eigenvalue weighted by molar-refractivity contribution is 6.28. The van der Waals surface area contributed by atoms with E-state index in [1.54, 1.807) is 7.11 Å². The van der Waals surface area contributed by atoms with Crippen molar-refractivity contribution in [3.8, 4) is 0 Å². The Morgan fingerprint density at radius 2 is 2.17 bits per heavy atom. The average molecular weight is 275 g/mol. The highest BCUT2D eigenvalue weighted by Crippen LogP contribution is 2.26. The molecule has 0 bridgehead atoms. The molecule has 1 aromatic rings.